The summed E-state index contributed by atoms with van der Waals surface area (Å²) in [6.45, 7) is 4.09. The quantitative estimate of drug-likeness (QED) is 0.427. The molecule has 0 N–H and O–H groups in total. The third-order valence-corrected chi connectivity index (χ3v) is 4.01. The topological polar surface area (TPSA) is 3.24 Å². The van der Waals surface area contributed by atoms with E-state index in [0.29, 0.717) is 11.8 Å². The van der Waals surface area contributed by atoms with Crippen molar-refractivity contribution in [1.82, 2.24) is 4.90 Å². The molecule has 0 saturated heterocycles. The van der Waals surface area contributed by atoms with Crippen LogP contribution in [0.5, 0.6) is 0 Å². The number of rotatable bonds is 6. The summed E-state index contributed by atoms with van der Waals surface area (Å²) >= 11 is 20.7. The van der Waals surface area contributed by atoms with Crippen molar-refractivity contribution in [2.75, 3.05) is 18.8 Å². The van der Waals surface area contributed by atoms with Crippen molar-refractivity contribution >= 4 is 48.5 Å². The van der Waals surface area contributed by atoms with Gasteiger partial charge in [0.15, 0.2) is 0 Å². The van der Waals surface area contributed by atoms with Crippen LogP contribution in [0.1, 0.15) is 26.7 Å². The lowest BCUT2D eigenvalue weighted by molar-refractivity contribution is 0.142. The van der Waals surface area contributed by atoms with E-state index in [4.69, 9.17) is 23.2 Å². The van der Waals surface area contributed by atoms with Gasteiger partial charge in [-0.3, -0.25) is 4.90 Å². The summed E-state index contributed by atoms with van der Waals surface area (Å²) in [7, 11) is 2.00. The van der Waals surface area contributed by atoms with Crippen molar-refractivity contribution in [1.29, 1.82) is 0 Å². The van der Waals surface area contributed by atoms with Gasteiger partial charge in [-0.1, -0.05) is 0 Å². The highest BCUT2D eigenvalue weighted by Crippen LogP contribution is 2.34. The number of hydrogen-bond acceptors (Lipinski definition) is 3. The Morgan fingerprint density at radius 1 is 1.00 bits per heavy atom. The van der Waals surface area contributed by atoms with Crippen LogP contribution in [0.25, 0.3) is 0 Å². The Morgan fingerprint density at radius 2 is 1.29 bits per heavy atom. The first-order valence-electron chi connectivity index (χ1n) is 4.58. The normalized spacial score (nSPS) is 20.6. The monoisotopic (exact) mass is 275 g/mol. The average Bonchev–Trinajstić information content (AvgIpc) is 2.02. The molecule has 0 aliphatic heterocycles. The van der Waals surface area contributed by atoms with Gasteiger partial charge in [0.1, 0.15) is 0 Å². The van der Waals surface area contributed by atoms with Crippen LogP contribution >= 0.6 is 48.5 Å². The summed E-state index contributed by atoms with van der Waals surface area (Å²) in [5, 5.41) is 0. The highest BCUT2D eigenvalue weighted by molar-refractivity contribution is 7.82. The molecule has 2 unspecified atom stereocenters. The second-order valence-electron chi connectivity index (χ2n) is 3.87. The van der Waals surface area contributed by atoms with E-state index in [2.05, 4.69) is 30.2 Å². The fourth-order valence-electron chi connectivity index (χ4n) is 1.21. The zero-order valence-electron chi connectivity index (χ0n) is 8.93. The minimum absolute atomic E-state index is 0.246. The van der Waals surface area contributed by atoms with Gasteiger partial charge in [-0.15, -0.1) is 23.2 Å². The standard InChI is InChI=1S/C9H19Cl2NS2/c1-8(13,4-6-10)12(3)9(2,14)5-7-11/h13-14H,4-7H2,1-3H3. The van der Waals surface area contributed by atoms with Crippen molar-refractivity contribution in [2.24, 2.45) is 0 Å². The number of hydrogen-bond donors (Lipinski definition) is 2. The average molecular weight is 276 g/mol. The van der Waals surface area contributed by atoms with Crippen molar-refractivity contribution in [3.8, 4) is 0 Å². The second kappa shape index (κ2) is 6.09. The van der Waals surface area contributed by atoms with Crippen LogP contribution in [0.2, 0.25) is 0 Å². The molecular weight excluding hydrogens is 257 g/mol. The molecule has 0 aromatic heterocycles. The second-order valence-corrected chi connectivity index (χ2v) is 6.55. The van der Waals surface area contributed by atoms with Gasteiger partial charge in [0, 0.05) is 11.8 Å². The molecule has 0 saturated carbocycles. The van der Waals surface area contributed by atoms with Gasteiger partial charge in [0.2, 0.25) is 0 Å². The number of alkyl halides is 2. The molecule has 0 heterocycles. The third kappa shape index (κ3) is 4.40. The van der Waals surface area contributed by atoms with E-state index in [9.17, 15) is 0 Å². The molecule has 0 aromatic carbocycles. The maximum atomic E-state index is 5.73. The van der Waals surface area contributed by atoms with Crippen LogP contribution in [0.3, 0.4) is 0 Å². The third-order valence-electron chi connectivity index (χ3n) is 2.58. The van der Waals surface area contributed by atoms with Gasteiger partial charge < -0.3 is 0 Å². The van der Waals surface area contributed by atoms with E-state index >= 15 is 0 Å². The lowest BCUT2D eigenvalue weighted by Gasteiger charge is -2.44. The van der Waals surface area contributed by atoms with Gasteiger partial charge >= 0.3 is 0 Å². The van der Waals surface area contributed by atoms with E-state index in [-0.39, 0.29) is 9.74 Å². The number of nitrogens with zero attached hydrogens (tertiary/aromatic N) is 1. The Balaban J connectivity index is 4.49. The fraction of sp³-hybridized carbons (Fsp3) is 1.00. The van der Waals surface area contributed by atoms with Crippen LogP contribution in [-0.4, -0.2) is 33.4 Å². The number of thiol groups is 2. The predicted octanol–water partition coefficient (Wildman–Crippen LogP) is 3.47. The van der Waals surface area contributed by atoms with Gasteiger partial charge in [-0.2, -0.15) is 25.3 Å². The van der Waals surface area contributed by atoms with E-state index < -0.39 is 0 Å². The summed E-state index contributed by atoms with van der Waals surface area (Å²) in [6, 6.07) is 0. The number of halogens is 2. The molecule has 0 rings (SSSR count). The Morgan fingerprint density at radius 3 is 1.50 bits per heavy atom. The van der Waals surface area contributed by atoms with E-state index in [0.717, 1.165) is 12.8 Å². The van der Waals surface area contributed by atoms with Crippen LogP contribution in [0.15, 0.2) is 0 Å². The molecule has 0 aliphatic carbocycles. The van der Waals surface area contributed by atoms with Crippen LogP contribution in [0.4, 0.5) is 0 Å². The minimum Gasteiger partial charge on any atom is -0.278 e. The Hall–Kier alpha value is 1.24. The SMILES string of the molecule is CN(C(C)(S)CCCl)C(C)(S)CCCl. The van der Waals surface area contributed by atoms with Gasteiger partial charge in [-0.25, -0.2) is 0 Å². The van der Waals surface area contributed by atoms with Crippen LogP contribution in [0, 0.1) is 0 Å². The summed E-state index contributed by atoms with van der Waals surface area (Å²) < 4.78 is 0. The Kier molecular flexibility index (Phi) is 6.63. The van der Waals surface area contributed by atoms with Gasteiger partial charge in [0.05, 0.1) is 9.74 Å². The molecule has 14 heavy (non-hydrogen) atoms. The fourth-order valence-corrected chi connectivity index (χ4v) is 2.96. The lowest BCUT2D eigenvalue weighted by atomic mass is 10.1. The Bertz CT molecular complexity index is 156. The molecule has 0 spiro atoms. The van der Waals surface area contributed by atoms with Crippen molar-refractivity contribution < 1.29 is 0 Å². The molecule has 86 valence electrons. The summed E-state index contributed by atoms with van der Waals surface area (Å²) in [5.74, 6) is 1.18. The molecule has 0 bridgehead atoms. The zero-order chi connectivity index (χ0) is 11.4. The summed E-state index contributed by atoms with van der Waals surface area (Å²) in [4.78, 5) is 1.62. The molecule has 0 amide bonds. The largest absolute Gasteiger partial charge is 0.278 e. The van der Waals surface area contributed by atoms with Crippen molar-refractivity contribution in [3.63, 3.8) is 0 Å². The van der Waals surface area contributed by atoms with Crippen LogP contribution < -0.4 is 0 Å². The maximum Gasteiger partial charge on any atom is 0.0632 e. The smallest absolute Gasteiger partial charge is 0.0632 e. The first-order valence-corrected chi connectivity index (χ1v) is 6.55. The van der Waals surface area contributed by atoms with Crippen molar-refractivity contribution in [3.05, 3.63) is 0 Å². The van der Waals surface area contributed by atoms with E-state index in [1.54, 1.807) is 0 Å². The summed E-state index contributed by atoms with van der Waals surface area (Å²) in [5.41, 5.74) is 0. The first kappa shape index (κ1) is 15.2. The minimum atomic E-state index is -0.246. The molecular formula is C9H19Cl2NS2. The molecule has 2 atom stereocenters. The predicted molar refractivity (Wildman–Crippen MR) is 73.2 cm³/mol. The maximum absolute atomic E-state index is 5.73. The highest BCUT2D eigenvalue weighted by atomic mass is 35.5. The van der Waals surface area contributed by atoms with Gasteiger partial charge in [0.25, 0.3) is 0 Å². The molecule has 5 heteroatoms. The highest BCUT2D eigenvalue weighted by Gasteiger charge is 2.35. The first-order chi connectivity index (χ1) is 6.28. The summed E-state index contributed by atoms with van der Waals surface area (Å²) in [6.07, 6.45) is 1.62. The van der Waals surface area contributed by atoms with Crippen molar-refractivity contribution in [2.45, 2.75) is 36.4 Å². The molecule has 0 fully saturated rings. The lowest BCUT2D eigenvalue weighted by Crippen LogP contribution is -2.50. The molecule has 0 aromatic rings. The molecule has 1 nitrogen and oxygen atoms in total. The van der Waals surface area contributed by atoms with Crippen LogP contribution in [-0.2, 0) is 0 Å². The zero-order valence-corrected chi connectivity index (χ0v) is 12.2. The van der Waals surface area contributed by atoms with E-state index in [1.165, 1.54) is 0 Å². The Labute approximate surface area is 108 Å². The molecule has 0 radical (unpaired) electrons. The van der Waals surface area contributed by atoms with Gasteiger partial charge in [-0.05, 0) is 33.7 Å². The van der Waals surface area contributed by atoms with E-state index in [1.807, 2.05) is 20.9 Å². The molecule has 0 aliphatic rings.